The highest BCUT2D eigenvalue weighted by Crippen LogP contribution is 2.27. The lowest BCUT2D eigenvalue weighted by Gasteiger charge is -2.12. The Labute approximate surface area is 191 Å². The number of nitrogens with zero attached hydrogens (tertiary/aromatic N) is 3. The van der Waals surface area contributed by atoms with E-state index in [9.17, 15) is 4.79 Å². The molecule has 3 aromatic carbocycles. The van der Waals surface area contributed by atoms with Crippen molar-refractivity contribution in [1.29, 1.82) is 0 Å². The first-order valence-electron chi connectivity index (χ1n) is 10.2. The number of benzene rings is 3. The average molecular weight is 446 g/mol. The van der Waals surface area contributed by atoms with Gasteiger partial charge in [-0.15, -0.1) is 10.2 Å². The number of methoxy groups -OCH3 is 1. The molecule has 162 valence electrons. The minimum absolute atomic E-state index is 0.0525. The van der Waals surface area contributed by atoms with E-state index in [1.165, 1.54) is 11.8 Å². The molecule has 6 nitrogen and oxygen atoms in total. The lowest BCUT2D eigenvalue weighted by Crippen LogP contribution is -2.11. The maximum absolute atomic E-state index is 12.6. The zero-order valence-corrected chi connectivity index (χ0v) is 18.5. The van der Waals surface area contributed by atoms with E-state index in [1.807, 2.05) is 77.4 Å². The molecule has 0 N–H and O–H groups in total. The van der Waals surface area contributed by atoms with Crippen molar-refractivity contribution in [3.63, 3.8) is 0 Å². The van der Waals surface area contributed by atoms with Crippen molar-refractivity contribution < 1.29 is 14.3 Å². The molecule has 7 heteroatoms. The van der Waals surface area contributed by atoms with Gasteiger partial charge in [0, 0.05) is 5.56 Å². The van der Waals surface area contributed by atoms with E-state index < -0.39 is 0 Å². The van der Waals surface area contributed by atoms with Crippen molar-refractivity contribution in [3.05, 3.63) is 102 Å². The Balaban J connectivity index is 1.53. The van der Waals surface area contributed by atoms with E-state index in [1.54, 1.807) is 7.11 Å². The van der Waals surface area contributed by atoms with Gasteiger partial charge in [0.15, 0.2) is 28.3 Å². The molecule has 0 spiro atoms. The van der Waals surface area contributed by atoms with Crippen LogP contribution in [0, 0.1) is 0 Å². The van der Waals surface area contributed by atoms with Crippen molar-refractivity contribution in [2.24, 2.45) is 0 Å². The number of hydrogen-bond acceptors (Lipinski definition) is 6. The smallest absolute Gasteiger partial charge is 0.192 e. The molecule has 4 rings (SSSR count). The van der Waals surface area contributed by atoms with E-state index in [4.69, 9.17) is 9.47 Å². The maximum Gasteiger partial charge on any atom is 0.192 e. The molecule has 0 atom stereocenters. The Hall–Kier alpha value is -3.58. The quantitative estimate of drug-likeness (QED) is 0.256. The number of rotatable bonds is 10. The standard InChI is InChI=1S/C25H23N3O3S/c1-30-22-14-8-9-15-23(22)31-17-24-26-27-25(28(24)16-19-10-4-2-5-11-19)32-18-21(29)20-12-6-3-7-13-20/h2-15H,16-18H2,1H3. The summed E-state index contributed by atoms with van der Waals surface area (Å²) in [6.07, 6.45) is 0. The highest BCUT2D eigenvalue weighted by atomic mass is 32.2. The zero-order valence-electron chi connectivity index (χ0n) is 17.7. The second-order valence-electron chi connectivity index (χ2n) is 6.99. The molecule has 0 aliphatic heterocycles. The van der Waals surface area contributed by atoms with Crippen LogP contribution in [0.5, 0.6) is 11.5 Å². The van der Waals surface area contributed by atoms with Crippen molar-refractivity contribution in [2.75, 3.05) is 12.9 Å². The van der Waals surface area contributed by atoms with Crippen LogP contribution in [0.1, 0.15) is 21.7 Å². The lowest BCUT2D eigenvalue weighted by molar-refractivity contribution is 0.102. The van der Waals surface area contributed by atoms with Crippen molar-refractivity contribution in [1.82, 2.24) is 14.8 Å². The summed E-state index contributed by atoms with van der Waals surface area (Å²) < 4.78 is 13.3. The van der Waals surface area contributed by atoms with E-state index in [2.05, 4.69) is 22.3 Å². The van der Waals surface area contributed by atoms with Crippen molar-refractivity contribution >= 4 is 17.5 Å². The van der Waals surface area contributed by atoms with Gasteiger partial charge < -0.3 is 9.47 Å². The van der Waals surface area contributed by atoms with E-state index in [0.717, 1.165) is 5.56 Å². The largest absolute Gasteiger partial charge is 0.493 e. The molecule has 4 aromatic rings. The second kappa shape index (κ2) is 10.6. The minimum atomic E-state index is 0.0525. The fourth-order valence-corrected chi connectivity index (χ4v) is 4.03. The zero-order chi connectivity index (χ0) is 22.2. The fourth-order valence-electron chi connectivity index (χ4n) is 3.18. The highest BCUT2D eigenvalue weighted by molar-refractivity contribution is 7.99. The van der Waals surface area contributed by atoms with Crippen LogP contribution in [0.4, 0.5) is 0 Å². The number of carbonyl (C=O) groups excluding carboxylic acids is 1. The Kier molecular flexibility index (Phi) is 7.19. The van der Waals surface area contributed by atoms with Crippen LogP contribution in [0.15, 0.2) is 90.1 Å². The topological polar surface area (TPSA) is 66.2 Å². The molecular formula is C25H23N3O3S. The molecular weight excluding hydrogens is 422 g/mol. The van der Waals surface area contributed by atoms with Gasteiger partial charge in [-0.25, -0.2) is 0 Å². The summed E-state index contributed by atoms with van der Waals surface area (Å²) in [4.78, 5) is 12.6. The Bertz CT molecular complexity index is 1160. The van der Waals surface area contributed by atoms with Gasteiger partial charge >= 0.3 is 0 Å². The van der Waals surface area contributed by atoms with Gasteiger partial charge in [0.2, 0.25) is 0 Å². The molecule has 32 heavy (non-hydrogen) atoms. The molecule has 1 heterocycles. The van der Waals surface area contributed by atoms with Gasteiger partial charge in [-0.1, -0.05) is 84.6 Å². The summed E-state index contributed by atoms with van der Waals surface area (Å²) in [6, 6.07) is 26.8. The number of ketones is 1. The van der Waals surface area contributed by atoms with Crippen LogP contribution in [0.2, 0.25) is 0 Å². The third kappa shape index (κ3) is 5.36. The molecule has 0 saturated carbocycles. The van der Waals surface area contributed by atoms with Gasteiger partial charge in [0.1, 0.15) is 6.61 Å². The van der Waals surface area contributed by atoms with Gasteiger partial charge in [-0.3, -0.25) is 9.36 Å². The molecule has 0 amide bonds. The summed E-state index contributed by atoms with van der Waals surface area (Å²) in [5.74, 6) is 2.30. The minimum Gasteiger partial charge on any atom is -0.493 e. The molecule has 0 radical (unpaired) electrons. The first-order chi connectivity index (χ1) is 15.7. The SMILES string of the molecule is COc1ccccc1OCc1nnc(SCC(=O)c2ccccc2)n1Cc1ccccc1. The predicted octanol–water partition coefficient (Wildman–Crippen LogP) is 4.89. The molecule has 0 aliphatic carbocycles. The number of hydrogen-bond donors (Lipinski definition) is 0. The van der Waals surface area contributed by atoms with Crippen LogP contribution in [-0.4, -0.2) is 33.4 Å². The normalized spacial score (nSPS) is 10.7. The second-order valence-corrected chi connectivity index (χ2v) is 7.93. The predicted molar refractivity (Wildman–Crippen MR) is 124 cm³/mol. The summed E-state index contributed by atoms with van der Waals surface area (Å²) in [6.45, 7) is 0.813. The molecule has 0 bridgehead atoms. The third-order valence-corrected chi connectivity index (χ3v) is 5.80. The number of Topliss-reactive ketones (excluding diaryl/α,β-unsaturated/α-hetero) is 1. The summed E-state index contributed by atoms with van der Waals surface area (Å²) in [5, 5.41) is 9.37. The molecule has 0 fully saturated rings. The average Bonchev–Trinajstić information content (AvgIpc) is 3.23. The third-order valence-electron chi connectivity index (χ3n) is 4.83. The van der Waals surface area contributed by atoms with Gasteiger partial charge in [0.05, 0.1) is 19.4 Å². The first-order valence-corrected chi connectivity index (χ1v) is 11.2. The van der Waals surface area contributed by atoms with E-state index in [-0.39, 0.29) is 18.1 Å². The number of carbonyl (C=O) groups is 1. The van der Waals surface area contributed by atoms with Crippen LogP contribution in [-0.2, 0) is 13.2 Å². The van der Waals surface area contributed by atoms with Gasteiger partial charge in [0.25, 0.3) is 0 Å². The number of para-hydroxylation sites is 2. The van der Waals surface area contributed by atoms with Crippen molar-refractivity contribution in [2.45, 2.75) is 18.3 Å². The maximum atomic E-state index is 12.6. The monoisotopic (exact) mass is 445 g/mol. The fraction of sp³-hybridized carbons (Fsp3) is 0.160. The van der Waals surface area contributed by atoms with E-state index in [0.29, 0.717) is 34.6 Å². The Morgan fingerprint density at radius 3 is 2.25 bits per heavy atom. The molecule has 0 saturated heterocycles. The number of aromatic nitrogens is 3. The van der Waals surface area contributed by atoms with Gasteiger partial charge in [-0.05, 0) is 17.7 Å². The first kappa shape index (κ1) is 21.6. The molecule has 0 unspecified atom stereocenters. The summed E-state index contributed by atoms with van der Waals surface area (Å²) in [7, 11) is 1.61. The Morgan fingerprint density at radius 1 is 0.875 bits per heavy atom. The number of ether oxygens (including phenoxy) is 2. The Morgan fingerprint density at radius 2 is 1.53 bits per heavy atom. The summed E-state index contributed by atoms with van der Waals surface area (Å²) in [5.41, 5.74) is 1.80. The lowest BCUT2D eigenvalue weighted by atomic mass is 10.2. The van der Waals surface area contributed by atoms with Crippen LogP contribution in [0.25, 0.3) is 0 Å². The van der Waals surface area contributed by atoms with Crippen LogP contribution < -0.4 is 9.47 Å². The summed E-state index contributed by atoms with van der Waals surface area (Å²) >= 11 is 1.38. The van der Waals surface area contributed by atoms with Crippen LogP contribution >= 0.6 is 11.8 Å². The van der Waals surface area contributed by atoms with Crippen molar-refractivity contribution in [3.8, 4) is 11.5 Å². The molecule has 1 aromatic heterocycles. The van der Waals surface area contributed by atoms with E-state index >= 15 is 0 Å². The van der Waals surface area contributed by atoms with Gasteiger partial charge in [-0.2, -0.15) is 0 Å². The number of thioether (sulfide) groups is 1. The molecule has 0 aliphatic rings. The van der Waals surface area contributed by atoms with Crippen LogP contribution in [0.3, 0.4) is 0 Å². The highest BCUT2D eigenvalue weighted by Gasteiger charge is 2.16.